The Hall–Kier alpha value is -1.26. The summed E-state index contributed by atoms with van der Waals surface area (Å²) >= 11 is 3.37. The molecular weight excluding hydrogens is 307 g/mol. The van der Waals surface area contributed by atoms with Gasteiger partial charge in [0.1, 0.15) is 5.82 Å². The standard InChI is InChI=1S/C15H16BrFN2/c1-10(13-9-12(16)6-7-14(13)17)19-11(2)15-5-3-4-8-18-15/h3-11,19H,1-2H3. The first kappa shape index (κ1) is 14.2. The molecule has 0 aliphatic carbocycles. The summed E-state index contributed by atoms with van der Waals surface area (Å²) in [5.41, 5.74) is 1.60. The van der Waals surface area contributed by atoms with Crippen molar-refractivity contribution in [1.82, 2.24) is 10.3 Å². The van der Waals surface area contributed by atoms with Crippen molar-refractivity contribution < 1.29 is 4.39 Å². The van der Waals surface area contributed by atoms with Crippen LogP contribution in [0, 0.1) is 5.82 Å². The van der Waals surface area contributed by atoms with Crippen LogP contribution in [0.5, 0.6) is 0 Å². The second-order valence-corrected chi connectivity index (χ2v) is 5.45. The average molecular weight is 323 g/mol. The van der Waals surface area contributed by atoms with Gasteiger partial charge in [0, 0.05) is 28.3 Å². The van der Waals surface area contributed by atoms with Gasteiger partial charge in [0.2, 0.25) is 0 Å². The molecular formula is C15H16BrFN2. The molecule has 0 spiro atoms. The highest BCUT2D eigenvalue weighted by Gasteiger charge is 2.15. The van der Waals surface area contributed by atoms with E-state index in [1.54, 1.807) is 18.3 Å². The summed E-state index contributed by atoms with van der Waals surface area (Å²) in [5.74, 6) is -0.198. The fourth-order valence-electron chi connectivity index (χ4n) is 2.03. The first-order valence-corrected chi connectivity index (χ1v) is 6.99. The zero-order valence-corrected chi connectivity index (χ0v) is 12.5. The highest BCUT2D eigenvalue weighted by Crippen LogP contribution is 2.23. The van der Waals surface area contributed by atoms with Crippen LogP contribution in [0.15, 0.2) is 47.1 Å². The third-order valence-corrected chi connectivity index (χ3v) is 3.55. The summed E-state index contributed by atoms with van der Waals surface area (Å²) in [6, 6.07) is 10.7. The van der Waals surface area contributed by atoms with E-state index in [0.29, 0.717) is 5.56 Å². The molecule has 1 N–H and O–H groups in total. The second kappa shape index (κ2) is 6.26. The molecule has 0 bridgehead atoms. The third-order valence-electron chi connectivity index (χ3n) is 3.06. The van der Waals surface area contributed by atoms with Gasteiger partial charge in [-0.05, 0) is 44.2 Å². The lowest BCUT2D eigenvalue weighted by molar-refractivity contribution is 0.467. The zero-order valence-electron chi connectivity index (χ0n) is 10.9. The first-order chi connectivity index (χ1) is 9.08. The summed E-state index contributed by atoms with van der Waals surface area (Å²) in [7, 11) is 0. The summed E-state index contributed by atoms with van der Waals surface area (Å²) in [5, 5.41) is 3.36. The van der Waals surface area contributed by atoms with Gasteiger partial charge in [0.25, 0.3) is 0 Å². The summed E-state index contributed by atoms with van der Waals surface area (Å²) < 4.78 is 14.7. The number of hydrogen-bond donors (Lipinski definition) is 1. The topological polar surface area (TPSA) is 24.9 Å². The maximum Gasteiger partial charge on any atom is 0.128 e. The van der Waals surface area contributed by atoms with Crippen molar-refractivity contribution in [1.29, 1.82) is 0 Å². The lowest BCUT2D eigenvalue weighted by Crippen LogP contribution is -2.23. The number of hydrogen-bond acceptors (Lipinski definition) is 2. The summed E-state index contributed by atoms with van der Waals surface area (Å²) in [6.45, 7) is 3.97. The molecule has 0 saturated heterocycles. The lowest BCUT2D eigenvalue weighted by Gasteiger charge is -2.20. The molecule has 2 atom stereocenters. The highest BCUT2D eigenvalue weighted by molar-refractivity contribution is 9.10. The smallest absolute Gasteiger partial charge is 0.128 e. The van der Waals surface area contributed by atoms with E-state index in [9.17, 15) is 4.39 Å². The Morgan fingerprint density at radius 3 is 2.63 bits per heavy atom. The van der Waals surface area contributed by atoms with Crippen molar-refractivity contribution in [3.8, 4) is 0 Å². The molecule has 1 aromatic carbocycles. The van der Waals surface area contributed by atoms with Gasteiger partial charge in [-0.3, -0.25) is 4.98 Å². The average Bonchev–Trinajstić information content (AvgIpc) is 2.42. The Morgan fingerprint density at radius 1 is 1.16 bits per heavy atom. The van der Waals surface area contributed by atoms with Crippen molar-refractivity contribution in [3.63, 3.8) is 0 Å². The number of aromatic nitrogens is 1. The van der Waals surface area contributed by atoms with E-state index in [4.69, 9.17) is 0 Å². The van der Waals surface area contributed by atoms with Crippen molar-refractivity contribution in [2.45, 2.75) is 25.9 Å². The van der Waals surface area contributed by atoms with Crippen LogP contribution in [0.1, 0.15) is 37.2 Å². The normalized spacial score (nSPS) is 14.1. The van der Waals surface area contributed by atoms with Gasteiger partial charge in [-0.15, -0.1) is 0 Å². The number of nitrogens with one attached hydrogen (secondary N) is 1. The molecule has 1 aromatic heterocycles. The number of nitrogens with zero attached hydrogens (tertiary/aromatic N) is 1. The molecule has 2 unspecified atom stereocenters. The minimum absolute atomic E-state index is 0.0644. The van der Waals surface area contributed by atoms with Crippen molar-refractivity contribution in [3.05, 3.63) is 64.1 Å². The Kier molecular flexibility index (Phi) is 4.66. The van der Waals surface area contributed by atoms with Crippen LogP contribution in [-0.2, 0) is 0 Å². The molecule has 19 heavy (non-hydrogen) atoms. The van der Waals surface area contributed by atoms with Gasteiger partial charge in [-0.1, -0.05) is 22.0 Å². The lowest BCUT2D eigenvalue weighted by atomic mass is 10.1. The zero-order chi connectivity index (χ0) is 13.8. The molecule has 2 rings (SSSR count). The van der Waals surface area contributed by atoms with Gasteiger partial charge in [-0.2, -0.15) is 0 Å². The van der Waals surface area contributed by atoms with Gasteiger partial charge in [-0.25, -0.2) is 4.39 Å². The number of pyridine rings is 1. The third kappa shape index (κ3) is 3.61. The second-order valence-electron chi connectivity index (χ2n) is 4.53. The number of halogens is 2. The Balaban J connectivity index is 2.13. The molecule has 2 aromatic rings. The molecule has 0 amide bonds. The Morgan fingerprint density at radius 2 is 1.95 bits per heavy atom. The van der Waals surface area contributed by atoms with Gasteiger partial charge < -0.3 is 5.32 Å². The maximum absolute atomic E-state index is 13.8. The van der Waals surface area contributed by atoms with E-state index >= 15 is 0 Å². The van der Waals surface area contributed by atoms with E-state index in [0.717, 1.165) is 10.2 Å². The largest absolute Gasteiger partial charge is 0.302 e. The van der Waals surface area contributed by atoms with E-state index < -0.39 is 0 Å². The molecule has 1 heterocycles. The minimum atomic E-state index is -0.198. The Bertz CT molecular complexity index is 545. The Labute approximate surface area is 121 Å². The van der Waals surface area contributed by atoms with Crippen LogP contribution in [0.2, 0.25) is 0 Å². The SMILES string of the molecule is CC(NC(C)c1cc(Br)ccc1F)c1ccccn1. The van der Waals surface area contributed by atoms with Crippen molar-refractivity contribution in [2.24, 2.45) is 0 Å². The monoisotopic (exact) mass is 322 g/mol. The van der Waals surface area contributed by atoms with E-state index in [2.05, 4.69) is 26.2 Å². The van der Waals surface area contributed by atoms with E-state index in [-0.39, 0.29) is 17.9 Å². The van der Waals surface area contributed by atoms with Crippen LogP contribution in [0.25, 0.3) is 0 Å². The van der Waals surface area contributed by atoms with Crippen molar-refractivity contribution in [2.75, 3.05) is 0 Å². The quantitative estimate of drug-likeness (QED) is 0.902. The van der Waals surface area contributed by atoms with Crippen LogP contribution < -0.4 is 5.32 Å². The molecule has 0 fully saturated rings. The fraction of sp³-hybridized carbons (Fsp3) is 0.267. The highest BCUT2D eigenvalue weighted by atomic mass is 79.9. The van der Waals surface area contributed by atoms with Crippen molar-refractivity contribution >= 4 is 15.9 Å². The molecule has 0 aliphatic heterocycles. The van der Waals surface area contributed by atoms with E-state index in [1.807, 2.05) is 32.0 Å². The molecule has 4 heteroatoms. The summed E-state index contributed by atoms with van der Waals surface area (Å²) in [4.78, 5) is 4.30. The predicted octanol–water partition coefficient (Wildman–Crippen LogP) is 4.40. The van der Waals surface area contributed by atoms with Crippen LogP contribution in [0.4, 0.5) is 4.39 Å². The number of benzene rings is 1. The van der Waals surface area contributed by atoms with Crippen LogP contribution in [-0.4, -0.2) is 4.98 Å². The number of rotatable bonds is 4. The maximum atomic E-state index is 13.8. The fourth-order valence-corrected chi connectivity index (χ4v) is 2.41. The van der Waals surface area contributed by atoms with Crippen LogP contribution >= 0.6 is 15.9 Å². The van der Waals surface area contributed by atoms with Crippen LogP contribution in [0.3, 0.4) is 0 Å². The van der Waals surface area contributed by atoms with Gasteiger partial charge in [0.15, 0.2) is 0 Å². The molecule has 0 aliphatic rings. The molecule has 2 nitrogen and oxygen atoms in total. The molecule has 0 radical (unpaired) electrons. The van der Waals surface area contributed by atoms with Gasteiger partial charge in [0.05, 0.1) is 5.69 Å². The summed E-state index contributed by atoms with van der Waals surface area (Å²) in [6.07, 6.45) is 1.76. The predicted molar refractivity (Wildman–Crippen MR) is 78.3 cm³/mol. The minimum Gasteiger partial charge on any atom is -0.302 e. The van der Waals surface area contributed by atoms with Gasteiger partial charge >= 0.3 is 0 Å². The van der Waals surface area contributed by atoms with E-state index in [1.165, 1.54) is 6.07 Å². The molecule has 100 valence electrons. The molecule has 0 saturated carbocycles. The first-order valence-electron chi connectivity index (χ1n) is 6.20.